The molecule has 0 spiro atoms. The van der Waals surface area contributed by atoms with Crippen LogP contribution in [0.1, 0.15) is 35.7 Å². The summed E-state index contributed by atoms with van der Waals surface area (Å²) in [6.07, 6.45) is 3.15. The number of benzene rings is 1. The molecule has 0 bridgehead atoms. The third-order valence-corrected chi connectivity index (χ3v) is 3.75. The molecule has 3 aromatic rings. The van der Waals surface area contributed by atoms with Gasteiger partial charge in [0.1, 0.15) is 11.3 Å². The average Bonchev–Trinajstić information content (AvgIpc) is 2.90. The maximum absolute atomic E-state index is 12.4. The van der Waals surface area contributed by atoms with Gasteiger partial charge < -0.3 is 15.0 Å². The maximum Gasteiger partial charge on any atom is 0.257 e. The number of nitrogens with zero attached hydrogens (tertiary/aromatic N) is 3. The number of carbonyl (C=O) groups excluding carboxylic acids is 1. The first-order chi connectivity index (χ1) is 11.0. The highest BCUT2D eigenvalue weighted by Crippen LogP contribution is 2.28. The molecule has 0 fully saturated rings. The predicted molar refractivity (Wildman–Crippen MR) is 88.7 cm³/mol. The second kappa shape index (κ2) is 5.72. The SMILES string of the molecule is CC(C)c1ccc(O)c(NC(=O)c2cnc3c(c2)ncn3C)c1. The molecule has 23 heavy (non-hydrogen) atoms. The van der Waals surface area contributed by atoms with Crippen LogP contribution in [-0.4, -0.2) is 25.5 Å². The highest BCUT2D eigenvalue weighted by molar-refractivity contribution is 6.06. The number of phenolic OH excluding ortho intramolecular Hbond substituents is 1. The molecule has 3 rings (SSSR count). The molecule has 0 saturated heterocycles. The van der Waals surface area contributed by atoms with Gasteiger partial charge in [-0.2, -0.15) is 0 Å². The number of hydrogen-bond donors (Lipinski definition) is 2. The fourth-order valence-electron chi connectivity index (χ4n) is 2.35. The molecule has 0 aliphatic rings. The Morgan fingerprint density at radius 2 is 2.04 bits per heavy atom. The monoisotopic (exact) mass is 310 g/mol. The number of phenols is 1. The number of aryl methyl sites for hydroxylation is 1. The van der Waals surface area contributed by atoms with E-state index in [2.05, 4.69) is 29.1 Å². The van der Waals surface area contributed by atoms with Gasteiger partial charge in [-0.1, -0.05) is 19.9 Å². The largest absolute Gasteiger partial charge is 0.506 e. The third kappa shape index (κ3) is 2.88. The second-order valence-electron chi connectivity index (χ2n) is 5.81. The molecule has 2 aromatic heterocycles. The molecule has 0 unspecified atom stereocenters. The lowest BCUT2D eigenvalue weighted by molar-refractivity contribution is 0.102. The van der Waals surface area contributed by atoms with Crippen molar-refractivity contribution >= 4 is 22.8 Å². The van der Waals surface area contributed by atoms with Crippen molar-refractivity contribution in [2.45, 2.75) is 19.8 Å². The summed E-state index contributed by atoms with van der Waals surface area (Å²) in [4.78, 5) is 20.8. The van der Waals surface area contributed by atoms with Crippen LogP contribution in [-0.2, 0) is 7.05 Å². The standard InChI is InChI=1S/C17H18N4O2/c1-10(2)11-4-5-15(22)13(6-11)20-17(23)12-7-14-16(18-8-12)21(3)9-19-14/h4-10,22H,1-3H3,(H,20,23). The maximum atomic E-state index is 12.4. The van der Waals surface area contributed by atoms with E-state index >= 15 is 0 Å². The Balaban J connectivity index is 1.89. The van der Waals surface area contributed by atoms with Gasteiger partial charge in [0, 0.05) is 13.2 Å². The number of imidazole rings is 1. The van der Waals surface area contributed by atoms with Gasteiger partial charge in [-0.25, -0.2) is 9.97 Å². The number of anilines is 1. The Morgan fingerprint density at radius 1 is 1.26 bits per heavy atom. The van der Waals surface area contributed by atoms with E-state index in [4.69, 9.17) is 0 Å². The molecule has 0 atom stereocenters. The number of carbonyl (C=O) groups is 1. The Hall–Kier alpha value is -2.89. The lowest BCUT2D eigenvalue weighted by Crippen LogP contribution is -2.12. The Bertz CT molecular complexity index is 883. The van der Waals surface area contributed by atoms with E-state index in [0.29, 0.717) is 28.3 Å². The normalized spacial score (nSPS) is 11.1. The van der Waals surface area contributed by atoms with E-state index < -0.39 is 0 Å². The fourth-order valence-corrected chi connectivity index (χ4v) is 2.35. The molecule has 0 radical (unpaired) electrons. The molecule has 2 N–H and O–H groups in total. The van der Waals surface area contributed by atoms with Crippen LogP contribution >= 0.6 is 0 Å². The van der Waals surface area contributed by atoms with Crippen molar-refractivity contribution in [3.05, 3.63) is 47.9 Å². The van der Waals surface area contributed by atoms with Crippen molar-refractivity contribution < 1.29 is 9.90 Å². The number of rotatable bonds is 3. The van der Waals surface area contributed by atoms with Crippen LogP contribution < -0.4 is 5.32 Å². The minimum absolute atomic E-state index is 0.0367. The van der Waals surface area contributed by atoms with Gasteiger partial charge in [-0.3, -0.25) is 4.79 Å². The summed E-state index contributed by atoms with van der Waals surface area (Å²) in [6, 6.07) is 6.90. The van der Waals surface area contributed by atoms with Crippen molar-refractivity contribution in [2.24, 2.45) is 7.05 Å². The van der Waals surface area contributed by atoms with Gasteiger partial charge in [0.05, 0.1) is 17.6 Å². The van der Waals surface area contributed by atoms with Crippen molar-refractivity contribution in [3.63, 3.8) is 0 Å². The molecule has 1 amide bonds. The van der Waals surface area contributed by atoms with Crippen LogP contribution in [0.25, 0.3) is 11.2 Å². The average molecular weight is 310 g/mol. The van der Waals surface area contributed by atoms with Crippen molar-refractivity contribution in [1.82, 2.24) is 14.5 Å². The molecule has 2 heterocycles. The summed E-state index contributed by atoms with van der Waals surface area (Å²) in [5.74, 6) is 0.00803. The predicted octanol–water partition coefficient (Wildman–Crippen LogP) is 3.05. The molecule has 0 aliphatic carbocycles. The van der Waals surface area contributed by atoms with E-state index in [-0.39, 0.29) is 11.7 Å². The van der Waals surface area contributed by atoms with E-state index in [9.17, 15) is 9.90 Å². The second-order valence-corrected chi connectivity index (χ2v) is 5.81. The molecule has 6 heteroatoms. The van der Waals surface area contributed by atoms with Gasteiger partial charge in [-0.05, 0) is 29.7 Å². The number of aromatic nitrogens is 3. The van der Waals surface area contributed by atoms with Crippen LogP contribution in [0.4, 0.5) is 5.69 Å². The van der Waals surface area contributed by atoms with Gasteiger partial charge in [-0.15, -0.1) is 0 Å². The van der Waals surface area contributed by atoms with Crippen LogP contribution in [0, 0.1) is 0 Å². The smallest absolute Gasteiger partial charge is 0.257 e. The van der Waals surface area contributed by atoms with E-state index in [1.165, 1.54) is 6.20 Å². The lowest BCUT2D eigenvalue weighted by Gasteiger charge is -2.11. The molecular weight excluding hydrogens is 292 g/mol. The number of fused-ring (bicyclic) bond motifs is 1. The zero-order chi connectivity index (χ0) is 16.6. The number of nitrogens with one attached hydrogen (secondary N) is 1. The Morgan fingerprint density at radius 3 is 2.78 bits per heavy atom. The van der Waals surface area contributed by atoms with Crippen molar-refractivity contribution in [3.8, 4) is 5.75 Å². The summed E-state index contributed by atoms with van der Waals surface area (Å²) in [7, 11) is 1.84. The molecule has 6 nitrogen and oxygen atoms in total. The van der Waals surface area contributed by atoms with Crippen molar-refractivity contribution in [1.29, 1.82) is 0 Å². The summed E-state index contributed by atoms with van der Waals surface area (Å²) in [5, 5.41) is 12.7. The summed E-state index contributed by atoms with van der Waals surface area (Å²) in [5.41, 5.74) is 3.19. The Kier molecular flexibility index (Phi) is 3.73. The topological polar surface area (TPSA) is 80.0 Å². The number of amides is 1. The zero-order valence-electron chi connectivity index (χ0n) is 13.2. The first-order valence-corrected chi connectivity index (χ1v) is 7.37. The lowest BCUT2D eigenvalue weighted by atomic mass is 10.0. The zero-order valence-corrected chi connectivity index (χ0v) is 13.2. The number of hydrogen-bond acceptors (Lipinski definition) is 4. The van der Waals surface area contributed by atoms with Crippen molar-refractivity contribution in [2.75, 3.05) is 5.32 Å². The summed E-state index contributed by atoms with van der Waals surface area (Å²) < 4.78 is 1.79. The van der Waals surface area contributed by atoms with E-state index in [0.717, 1.165) is 5.56 Å². The van der Waals surface area contributed by atoms with Gasteiger partial charge in [0.15, 0.2) is 5.65 Å². The Labute approximate surface area is 133 Å². The highest BCUT2D eigenvalue weighted by Gasteiger charge is 2.13. The molecule has 118 valence electrons. The summed E-state index contributed by atoms with van der Waals surface area (Å²) in [6.45, 7) is 4.10. The van der Waals surface area contributed by atoms with E-state index in [1.807, 2.05) is 13.1 Å². The van der Waals surface area contributed by atoms with Gasteiger partial charge in [0.2, 0.25) is 0 Å². The van der Waals surface area contributed by atoms with Gasteiger partial charge in [0.25, 0.3) is 5.91 Å². The number of aromatic hydroxyl groups is 1. The third-order valence-electron chi connectivity index (χ3n) is 3.75. The van der Waals surface area contributed by atoms with Crippen LogP contribution in [0.5, 0.6) is 5.75 Å². The minimum Gasteiger partial charge on any atom is -0.506 e. The molecular formula is C17H18N4O2. The van der Waals surface area contributed by atoms with Crippen LogP contribution in [0.15, 0.2) is 36.8 Å². The molecule has 1 aromatic carbocycles. The summed E-state index contributed by atoms with van der Waals surface area (Å²) >= 11 is 0. The molecule has 0 saturated carbocycles. The molecule has 0 aliphatic heterocycles. The minimum atomic E-state index is -0.332. The first-order valence-electron chi connectivity index (χ1n) is 7.37. The first kappa shape index (κ1) is 15.0. The van der Waals surface area contributed by atoms with Crippen LogP contribution in [0.2, 0.25) is 0 Å². The van der Waals surface area contributed by atoms with Gasteiger partial charge >= 0.3 is 0 Å². The fraction of sp³-hybridized carbons (Fsp3) is 0.235. The van der Waals surface area contributed by atoms with E-state index in [1.54, 1.807) is 29.1 Å². The highest BCUT2D eigenvalue weighted by atomic mass is 16.3. The number of pyridine rings is 1. The van der Waals surface area contributed by atoms with Crippen LogP contribution in [0.3, 0.4) is 0 Å². The quantitative estimate of drug-likeness (QED) is 0.729.